The van der Waals surface area contributed by atoms with Crippen LogP contribution < -0.4 is 11.1 Å². The number of aromatic nitrogens is 4. The van der Waals surface area contributed by atoms with E-state index in [0.717, 1.165) is 81.7 Å². The number of amides is 1. The van der Waals surface area contributed by atoms with E-state index in [9.17, 15) is 34.8 Å². The van der Waals surface area contributed by atoms with E-state index >= 15 is 13.2 Å². The van der Waals surface area contributed by atoms with Crippen molar-refractivity contribution < 1.29 is 52.7 Å². The molecule has 12 nitrogen and oxygen atoms in total. The lowest BCUT2D eigenvalue weighted by Gasteiger charge is -2.29. The molecule has 4 aromatic heterocycles. The zero-order chi connectivity index (χ0) is 59.8. The molecule has 0 saturated heterocycles. The summed E-state index contributed by atoms with van der Waals surface area (Å²) in [6, 6.07) is 27.6. The first kappa shape index (κ1) is 59.4. The van der Waals surface area contributed by atoms with Gasteiger partial charge in [0.2, 0.25) is 0 Å². The number of hydrogen-bond donors (Lipinski definition) is 2. The summed E-state index contributed by atoms with van der Waals surface area (Å²) < 4.78 is 151. The number of ether oxygens (including phenoxy) is 1. The summed E-state index contributed by atoms with van der Waals surface area (Å²) in [6.07, 6.45) is 9.17. The number of alkyl carbamates (subject to hydrolysis) is 1. The first-order valence-corrected chi connectivity index (χ1v) is 30.6. The third kappa shape index (κ3) is 12.7. The fourth-order valence-electron chi connectivity index (χ4n) is 11.6. The maximum Gasteiger partial charge on any atom is 0.407 e. The van der Waals surface area contributed by atoms with E-state index in [4.69, 9.17) is 10.5 Å². The summed E-state index contributed by atoms with van der Waals surface area (Å²) in [5.41, 5.74) is 10.2. The molecule has 4 atom stereocenters. The van der Waals surface area contributed by atoms with E-state index in [-0.39, 0.29) is 102 Å². The molecular formula is C64H62F6N6O6S2. The Bertz CT molecular complexity index is 4180. The number of benzene rings is 5. The van der Waals surface area contributed by atoms with Gasteiger partial charge in [0.05, 0.1) is 32.6 Å². The first-order chi connectivity index (χ1) is 40.0. The van der Waals surface area contributed by atoms with Crippen LogP contribution in [0.1, 0.15) is 90.6 Å². The molecule has 2 aliphatic rings. The zero-order valence-corrected chi connectivity index (χ0v) is 48.2. The summed E-state index contributed by atoms with van der Waals surface area (Å²) in [7, 11) is -8.51. The molecule has 1 amide bonds. The maximum absolute atomic E-state index is 15.4. The van der Waals surface area contributed by atoms with E-state index in [1.807, 2.05) is 44.2 Å². The van der Waals surface area contributed by atoms with E-state index < -0.39 is 61.0 Å². The van der Waals surface area contributed by atoms with Gasteiger partial charge in [0.1, 0.15) is 40.9 Å². The molecule has 5 aromatic carbocycles. The fraction of sp³-hybridized carbons (Fsp3) is 0.297. The monoisotopic (exact) mass is 1190 g/mol. The van der Waals surface area contributed by atoms with Crippen molar-refractivity contribution in [2.45, 2.75) is 120 Å². The molecule has 3 N–H and O–H groups in total. The minimum Gasteiger partial charge on any atom is -0.445 e. The van der Waals surface area contributed by atoms with Crippen molar-refractivity contribution in [2.24, 2.45) is 17.6 Å². The van der Waals surface area contributed by atoms with Gasteiger partial charge in [-0.3, -0.25) is 0 Å². The number of carbonyl (C=O) groups is 1. The molecule has 2 saturated carbocycles. The van der Waals surface area contributed by atoms with Crippen LogP contribution in [0.4, 0.5) is 31.1 Å². The molecule has 0 spiro atoms. The Labute approximate surface area is 483 Å². The molecule has 11 rings (SSSR count). The molecule has 2 aliphatic carbocycles. The van der Waals surface area contributed by atoms with Gasteiger partial charge in [0, 0.05) is 58.5 Å². The predicted molar refractivity (Wildman–Crippen MR) is 310 cm³/mol. The van der Waals surface area contributed by atoms with Crippen molar-refractivity contribution in [1.82, 2.24) is 23.2 Å². The molecule has 0 radical (unpaired) electrons. The lowest BCUT2D eigenvalue weighted by molar-refractivity contribution is 0.130. The van der Waals surface area contributed by atoms with Crippen LogP contribution in [0.3, 0.4) is 0 Å². The molecule has 0 unspecified atom stereocenters. The molecule has 2 fully saturated rings. The third-order valence-electron chi connectivity index (χ3n) is 15.8. The molecule has 20 heteroatoms. The van der Waals surface area contributed by atoms with Crippen LogP contribution in [0, 0.1) is 74.4 Å². The summed E-state index contributed by atoms with van der Waals surface area (Å²) in [6.45, 7) is 7.04. The second-order valence-electron chi connectivity index (χ2n) is 22.2. The number of fused-ring (bicyclic) bond motifs is 2. The van der Waals surface area contributed by atoms with Crippen LogP contribution in [0.15, 0.2) is 137 Å². The number of nitrogens with two attached hydrogens (primary N) is 1. The molecule has 9 aromatic rings. The molecule has 4 heterocycles. The topological polar surface area (TPSA) is 168 Å². The van der Waals surface area contributed by atoms with Crippen LogP contribution in [0.25, 0.3) is 44.3 Å². The summed E-state index contributed by atoms with van der Waals surface area (Å²) in [5, 5.41) is 2.97. The molecule has 0 aliphatic heterocycles. The van der Waals surface area contributed by atoms with E-state index in [1.165, 1.54) is 48.8 Å². The second kappa shape index (κ2) is 24.4. The Morgan fingerprint density at radius 2 is 1.04 bits per heavy atom. The van der Waals surface area contributed by atoms with E-state index in [2.05, 4.69) is 15.3 Å². The van der Waals surface area contributed by atoms with Crippen molar-refractivity contribution in [3.05, 3.63) is 202 Å². The number of nitrogens with zero attached hydrogens (tertiary/aromatic N) is 4. The van der Waals surface area contributed by atoms with Crippen LogP contribution in [-0.4, -0.2) is 52.9 Å². The molecular weight excluding hydrogens is 1130 g/mol. The highest BCUT2D eigenvalue weighted by Gasteiger charge is 2.31. The zero-order valence-electron chi connectivity index (χ0n) is 46.6. The predicted octanol–water partition coefficient (Wildman–Crippen LogP) is 14.0. The van der Waals surface area contributed by atoms with Crippen molar-refractivity contribution in [3.8, 4) is 22.5 Å². The number of hydrogen-bond acceptors (Lipinski definition) is 9. The van der Waals surface area contributed by atoms with Gasteiger partial charge < -0.3 is 15.8 Å². The highest BCUT2D eigenvalue weighted by Crippen LogP contribution is 2.40. The number of halogens is 6. The van der Waals surface area contributed by atoms with Gasteiger partial charge in [-0.25, -0.2) is 65.9 Å². The molecule has 84 heavy (non-hydrogen) atoms. The first-order valence-electron chi connectivity index (χ1n) is 27.7. The van der Waals surface area contributed by atoms with Crippen molar-refractivity contribution in [2.75, 3.05) is 0 Å². The average Bonchev–Trinajstić information content (AvgIpc) is 1.96. The quantitative estimate of drug-likeness (QED) is 0.107. The largest absolute Gasteiger partial charge is 0.445 e. The van der Waals surface area contributed by atoms with Gasteiger partial charge in [-0.2, -0.15) is 0 Å². The van der Waals surface area contributed by atoms with Crippen LogP contribution in [0.2, 0.25) is 0 Å². The minimum atomic E-state index is -4.29. The highest BCUT2D eigenvalue weighted by atomic mass is 32.2. The summed E-state index contributed by atoms with van der Waals surface area (Å²) >= 11 is 0. The van der Waals surface area contributed by atoms with Crippen molar-refractivity contribution >= 4 is 47.9 Å². The van der Waals surface area contributed by atoms with Gasteiger partial charge in [-0.05, 0) is 156 Å². The minimum absolute atomic E-state index is 0.00104. The smallest absolute Gasteiger partial charge is 0.407 e. The molecule has 0 bridgehead atoms. The van der Waals surface area contributed by atoms with Gasteiger partial charge >= 0.3 is 6.09 Å². The SMILES string of the molecule is Cc1ccc(S(=O)(=O)n2cc(-c3nc(C[C@@H]4CCC[C@H](N)C4)c(F)cc3C)c3cc(F)cc(F)c32)cc1.Cc1ccc(S(=O)(=O)n2cc(-c3nc(C[C@@H]4CCC[C@H](NC(=O)OCc5ccccc5)C4)c(F)cc3C)c3cc(F)cc(F)c32)cc1. The Morgan fingerprint density at radius 1 is 0.583 bits per heavy atom. The normalized spacial score (nSPS) is 17.5. The van der Waals surface area contributed by atoms with Crippen molar-refractivity contribution in [3.63, 3.8) is 0 Å². The summed E-state index contributed by atoms with van der Waals surface area (Å²) in [4.78, 5) is 21.6. The second-order valence-corrected chi connectivity index (χ2v) is 25.8. The van der Waals surface area contributed by atoms with Crippen LogP contribution >= 0.6 is 0 Å². The highest BCUT2D eigenvalue weighted by molar-refractivity contribution is 7.90. The fourth-order valence-corrected chi connectivity index (χ4v) is 14.3. The van der Waals surface area contributed by atoms with Crippen LogP contribution in [-0.2, 0) is 44.2 Å². The molecule has 438 valence electrons. The number of carbonyl (C=O) groups excluding carboxylic acids is 1. The van der Waals surface area contributed by atoms with Gasteiger partial charge in [0.25, 0.3) is 20.0 Å². The Hall–Kier alpha value is -7.81. The number of aryl methyl sites for hydroxylation is 4. The summed E-state index contributed by atoms with van der Waals surface area (Å²) in [5.74, 6) is -4.63. The van der Waals surface area contributed by atoms with E-state index in [0.29, 0.717) is 36.1 Å². The lowest BCUT2D eigenvalue weighted by atomic mass is 9.83. The standard InChI is InChI=1S/C36H34F3N3O4S.C28H28F3N3O2S/c1-22-11-13-28(14-12-22)47(44,45)42-20-30(29-18-26(37)19-32(39)35(29)42)34-23(2)15-31(38)33(41-34)17-25-9-6-10-27(16-25)40-36(43)46-21-24-7-4-3-5-8-24;1-16-6-8-21(9-7-16)37(35,36)34-15-23(22-13-19(29)14-25(31)28(22)34)27-17(2)10-24(30)26(33-27)12-18-4-3-5-20(32)11-18/h3-5,7-8,11-15,18-20,25,27H,6,9-10,16-17,21H2,1-2H3,(H,40,43);6-10,13-15,18,20H,3-5,11-12,32H2,1-2H3/t25-,27+;18-,20+/m11/s1. The van der Waals surface area contributed by atoms with Gasteiger partial charge in [-0.1, -0.05) is 78.6 Å². The number of pyridine rings is 2. The number of nitrogens with one attached hydrogen (secondary N) is 1. The maximum atomic E-state index is 15.4. The Balaban J connectivity index is 0.000000193. The van der Waals surface area contributed by atoms with Crippen molar-refractivity contribution in [1.29, 1.82) is 0 Å². The van der Waals surface area contributed by atoms with E-state index in [1.54, 1.807) is 38.1 Å². The Kier molecular flexibility index (Phi) is 17.3. The average molecular weight is 1190 g/mol. The van der Waals surface area contributed by atoms with Gasteiger partial charge in [0.15, 0.2) is 11.6 Å². The lowest BCUT2D eigenvalue weighted by Crippen LogP contribution is -2.39. The third-order valence-corrected chi connectivity index (χ3v) is 19.2. The number of rotatable bonds is 13. The van der Waals surface area contributed by atoms with Crippen LogP contribution in [0.5, 0.6) is 0 Å². The van der Waals surface area contributed by atoms with Gasteiger partial charge in [-0.15, -0.1) is 0 Å². The Morgan fingerprint density at radius 3 is 1.50 bits per heavy atom.